The number of hydrogen-bond donors (Lipinski definition) is 2. The van der Waals surface area contributed by atoms with Gasteiger partial charge in [0.25, 0.3) is 0 Å². The third-order valence-electron chi connectivity index (χ3n) is 2.85. The highest BCUT2D eigenvalue weighted by Crippen LogP contribution is 2.17. The SMILES string of the molecule is CCN=CC(=CN)CNC1CCCCC1. The molecule has 3 nitrogen and oxygen atoms in total. The standard InChI is InChI=1S/C12H23N3/c1-2-14-9-11(8-13)10-15-12-6-4-3-5-7-12/h8-9,12,15H,2-7,10,13H2,1H3. The van der Waals surface area contributed by atoms with Gasteiger partial charge in [-0.3, -0.25) is 4.99 Å². The second-order valence-corrected chi connectivity index (χ2v) is 4.09. The average molecular weight is 209 g/mol. The van der Waals surface area contributed by atoms with Gasteiger partial charge < -0.3 is 11.1 Å². The second-order valence-electron chi connectivity index (χ2n) is 4.09. The Morgan fingerprint density at radius 3 is 2.73 bits per heavy atom. The van der Waals surface area contributed by atoms with Crippen LogP contribution in [0.1, 0.15) is 39.0 Å². The summed E-state index contributed by atoms with van der Waals surface area (Å²) in [4.78, 5) is 4.19. The van der Waals surface area contributed by atoms with Crippen molar-refractivity contribution in [2.24, 2.45) is 10.7 Å². The predicted molar refractivity (Wildman–Crippen MR) is 66.2 cm³/mol. The summed E-state index contributed by atoms with van der Waals surface area (Å²) < 4.78 is 0. The first-order chi connectivity index (χ1) is 7.36. The van der Waals surface area contributed by atoms with E-state index in [1.54, 1.807) is 6.20 Å². The molecule has 1 saturated carbocycles. The third-order valence-corrected chi connectivity index (χ3v) is 2.85. The van der Waals surface area contributed by atoms with Gasteiger partial charge in [-0.1, -0.05) is 19.3 Å². The van der Waals surface area contributed by atoms with E-state index in [4.69, 9.17) is 5.73 Å². The normalized spacial score (nSPS) is 19.9. The van der Waals surface area contributed by atoms with Crippen LogP contribution in [0.5, 0.6) is 0 Å². The van der Waals surface area contributed by atoms with E-state index in [1.807, 2.05) is 13.1 Å². The van der Waals surface area contributed by atoms with E-state index in [2.05, 4.69) is 10.3 Å². The van der Waals surface area contributed by atoms with Crippen molar-refractivity contribution >= 4 is 6.21 Å². The molecule has 0 spiro atoms. The predicted octanol–water partition coefficient (Wildman–Crippen LogP) is 1.84. The van der Waals surface area contributed by atoms with Gasteiger partial charge in [0.2, 0.25) is 0 Å². The average Bonchev–Trinajstić information content (AvgIpc) is 2.31. The maximum Gasteiger partial charge on any atom is 0.0361 e. The molecular weight excluding hydrogens is 186 g/mol. The van der Waals surface area contributed by atoms with Crippen molar-refractivity contribution in [3.05, 3.63) is 11.8 Å². The fourth-order valence-electron chi connectivity index (χ4n) is 1.93. The minimum atomic E-state index is 0.684. The summed E-state index contributed by atoms with van der Waals surface area (Å²) in [6.07, 6.45) is 10.3. The van der Waals surface area contributed by atoms with Gasteiger partial charge in [-0.05, 0) is 31.5 Å². The van der Waals surface area contributed by atoms with Crippen molar-refractivity contribution in [3.8, 4) is 0 Å². The summed E-state index contributed by atoms with van der Waals surface area (Å²) in [6.45, 7) is 3.70. The monoisotopic (exact) mass is 209 g/mol. The van der Waals surface area contributed by atoms with E-state index in [0.29, 0.717) is 6.04 Å². The van der Waals surface area contributed by atoms with Crippen LogP contribution in [0, 0.1) is 0 Å². The fraction of sp³-hybridized carbons (Fsp3) is 0.750. The number of aliphatic imine (C=N–C) groups is 1. The van der Waals surface area contributed by atoms with E-state index < -0.39 is 0 Å². The highest BCUT2D eigenvalue weighted by Gasteiger charge is 2.12. The van der Waals surface area contributed by atoms with Gasteiger partial charge >= 0.3 is 0 Å². The van der Waals surface area contributed by atoms with Gasteiger partial charge in [0, 0.05) is 25.3 Å². The first kappa shape index (κ1) is 12.2. The molecule has 0 aromatic carbocycles. The molecule has 86 valence electrons. The molecule has 3 heteroatoms. The number of nitrogens with zero attached hydrogens (tertiary/aromatic N) is 1. The number of nitrogens with one attached hydrogen (secondary N) is 1. The van der Waals surface area contributed by atoms with Crippen molar-refractivity contribution in [1.29, 1.82) is 0 Å². The van der Waals surface area contributed by atoms with Crippen LogP contribution in [0.25, 0.3) is 0 Å². The fourth-order valence-corrected chi connectivity index (χ4v) is 1.93. The van der Waals surface area contributed by atoms with E-state index in [0.717, 1.165) is 18.7 Å². The molecule has 0 radical (unpaired) electrons. The third kappa shape index (κ3) is 4.98. The molecule has 0 aromatic rings. The molecule has 1 rings (SSSR count). The lowest BCUT2D eigenvalue weighted by molar-refractivity contribution is 0.384. The Morgan fingerprint density at radius 2 is 2.13 bits per heavy atom. The van der Waals surface area contributed by atoms with Crippen molar-refractivity contribution in [2.75, 3.05) is 13.1 Å². The van der Waals surface area contributed by atoms with Crippen molar-refractivity contribution in [3.63, 3.8) is 0 Å². The van der Waals surface area contributed by atoms with Gasteiger partial charge in [0.15, 0.2) is 0 Å². The quantitative estimate of drug-likeness (QED) is 0.679. The molecule has 3 N–H and O–H groups in total. The van der Waals surface area contributed by atoms with Crippen LogP contribution in [0.2, 0.25) is 0 Å². The summed E-state index contributed by atoms with van der Waals surface area (Å²) in [5, 5.41) is 3.54. The Hall–Kier alpha value is -0.830. The minimum Gasteiger partial charge on any atom is -0.404 e. The Morgan fingerprint density at radius 1 is 1.40 bits per heavy atom. The van der Waals surface area contributed by atoms with Crippen LogP contribution >= 0.6 is 0 Å². The Balaban J connectivity index is 2.24. The Labute approximate surface area is 92.8 Å². The number of rotatable bonds is 5. The molecular formula is C12H23N3. The smallest absolute Gasteiger partial charge is 0.0361 e. The molecule has 15 heavy (non-hydrogen) atoms. The first-order valence-corrected chi connectivity index (χ1v) is 6.00. The molecule has 1 aliphatic carbocycles. The van der Waals surface area contributed by atoms with E-state index in [-0.39, 0.29) is 0 Å². The van der Waals surface area contributed by atoms with Gasteiger partial charge in [-0.2, -0.15) is 0 Å². The molecule has 0 aromatic heterocycles. The van der Waals surface area contributed by atoms with Crippen LogP contribution in [0.4, 0.5) is 0 Å². The van der Waals surface area contributed by atoms with Crippen molar-refractivity contribution < 1.29 is 0 Å². The minimum absolute atomic E-state index is 0.684. The molecule has 0 aliphatic heterocycles. The van der Waals surface area contributed by atoms with Crippen LogP contribution < -0.4 is 11.1 Å². The van der Waals surface area contributed by atoms with Crippen LogP contribution in [-0.2, 0) is 0 Å². The topological polar surface area (TPSA) is 50.4 Å². The lowest BCUT2D eigenvalue weighted by Crippen LogP contribution is -2.32. The molecule has 1 aliphatic rings. The summed E-state index contributed by atoms with van der Waals surface area (Å²) >= 11 is 0. The zero-order chi connectivity index (χ0) is 10.9. The van der Waals surface area contributed by atoms with Gasteiger partial charge in [0.1, 0.15) is 0 Å². The van der Waals surface area contributed by atoms with Gasteiger partial charge in [0.05, 0.1) is 0 Å². The Kier molecular flexibility index (Phi) is 6.09. The maximum atomic E-state index is 5.54. The Bertz CT molecular complexity index is 215. The van der Waals surface area contributed by atoms with Gasteiger partial charge in [-0.25, -0.2) is 0 Å². The van der Waals surface area contributed by atoms with E-state index >= 15 is 0 Å². The van der Waals surface area contributed by atoms with E-state index in [9.17, 15) is 0 Å². The maximum absolute atomic E-state index is 5.54. The first-order valence-electron chi connectivity index (χ1n) is 6.00. The summed E-state index contributed by atoms with van der Waals surface area (Å²) in [5.41, 5.74) is 6.62. The largest absolute Gasteiger partial charge is 0.404 e. The highest BCUT2D eigenvalue weighted by molar-refractivity contribution is 5.78. The molecule has 0 unspecified atom stereocenters. The lowest BCUT2D eigenvalue weighted by Gasteiger charge is -2.22. The molecule has 0 heterocycles. The zero-order valence-corrected chi connectivity index (χ0v) is 9.71. The van der Waals surface area contributed by atoms with Crippen molar-refractivity contribution in [2.45, 2.75) is 45.1 Å². The molecule has 0 bridgehead atoms. The number of nitrogens with two attached hydrogens (primary N) is 1. The van der Waals surface area contributed by atoms with Crippen LogP contribution in [-0.4, -0.2) is 25.3 Å². The van der Waals surface area contributed by atoms with Crippen molar-refractivity contribution in [1.82, 2.24) is 5.32 Å². The number of hydrogen-bond acceptors (Lipinski definition) is 3. The van der Waals surface area contributed by atoms with Gasteiger partial charge in [-0.15, -0.1) is 0 Å². The summed E-state index contributed by atoms with van der Waals surface area (Å²) in [5.74, 6) is 0. The van der Waals surface area contributed by atoms with Crippen LogP contribution in [0.15, 0.2) is 16.8 Å². The molecule has 0 atom stereocenters. The highest BCUT2D eigenvalue weighted by atomic mass is 14.9. The zero-order valence-electron chi connectivity index (χ0n) is 9.71. The lowest BCUT2D eigenvalue weighted by atomic mass is 9.95. The summed E-state index contributed by atoms with van der Waals surface area (Å²) in [6, 6.07) is 0.684. The molecule has 1 fully saturated rings. The summed E-state index contributed by atoms with van der Waals surface area (Å²) in [7, 11) is 0. The molecule has 0 saturated heterocycles. The van der Waals surface area contributed by atoms with Crippen LogP contribution in [0.3, 0.4) is 0 Å². The second kappa shape index (κ2) is 7.46. The van der Waals surface area contributed by atoms with E-state index in [1.165, 1.54) is 32.1 Å². The molecule has 0 amide bonds.